The molecule has 0 spiro atoms. The van der Waals surface area contributed by atoms with Crippen LogP contribution in [0.5, 0.6) is 11.5 Å². The van der Waals surface area contributed by atoms with Crippen molar-refractivity contribution in [1.82, 2.24) is 10.3 Å². The van der Waals surface area contributed by atoms with Gasteiger partial charge in [0.25, 0.3) is 0 Å². The third kappa shape index (κ3) is 4.26. The molecule has 2 N–H and O–H groups in total. The minimum Gasteiger partial charge on any atom is -0.454 e. The minimum absolute atomic E-state index is 0.207. The van der Waals surface area contributed by atoms with Crippen LogP contribution >= 0.6 is 0 Å². The van der Waals surface area contributed by atoms with Crippen molar-refractivity contribution in [2.45, 2.75) is 0 Å². The summed E-state index contributed by atoms with van der Waals surface area (Å²) < 4.78 is 10.5. The number of nitrogens with one attached hydrogen (secondary N) is 2. The number of hydrogen-bond acceptors (Lipinski definition) is 6. The molecule has 3 rings (SSSR count). The summed E-state index contributed by atoms with van der Waals surface area (Å²) in [5, 5.41) is 14.8. The molecule has 1 aromatic heterocycles. The number of benzene rings is 1. The lowest BCUT2D eigenvalue weighted by molar-refractivity contribution is -0.116. The highest BCUT2D eigenvalue weighted by molar-refractivity contribution is 5.91. The van der Waals surface area contributed by atoms with Crippen molar-refractivity contribution < 1.29 is 14.3 Å². The van der Waals surface area contributed by atoms with Crippen LogP contribution in [-0.4, -0.2) is 30.8 Å². The fourth-order valence-electron chi connectivity index (χ4n) is 2.25. The minimum atomic E-state index is -0.207. The fraction of sp³-hybridized carbons (Fsp3) is 0.167. The number of anilines is 1. The van der Waals surface area contributed by atoms with E-state index < -0.39 is 0 Å². The van der Waals surface area contributed by atoms with Crippen LogP contribution in [0.2, 0.25) is 0 Å². The Morgan fingerprint density at radius 2 is 2.16 bits per heavy atom. The molecule has 0 radical (unpaired) electrons. The number of pyridine rings is 1. The van der Waals surface area contributed by atoms with Gasteiger partial charge < -0.3 is 20.1 Å². The van der Waals surface area contributed by atoms with Gasteiger partial charge in [0.1, 0.15) is 11.9 Å². The predicted octanol–water partition coefficient (Wildman–Crippen LogP) is 1.92. The molecule has 1 aromatic carbocycles. The van der Waals surface area contributed by atoms with Gasteiger partial charge in [-0.25, -0.2) is 4.98 Å². The highest BCUT2D eigenvalue weighted by atomic mass is 16.7. The molecule has 0 saturated heterocycles. The fourth-order valence-corrected chi connectivity index (χ4v) is 2.25. The van der Waals surface area contributed by atoms with Crippen LogP contribution in [0, 0.1) is 11.3 Å². The molecule has 0 saturated carbocycles. The number of nitrogens with zero attached hydrogens (tertiary/aromatic N) is 2. The first-order valence-electron chi connectivity index (χ1n) is 7.71. The molecule has 25 heavy (non-hydrogen) atoms. The molecular formula is C18H16N4O3. The van der Waals surface area contributed by atoms with Crippen molar-refractivity contribution in [2.75, 3.05) is 25.2 Å². The molecule has 1 amide bonds. The number of amides is 1. The van der Waals surface area contributed by atoms with Crippen molar-refractivity contribution in [3.63, 3.8) is 0 Å². The third-order valence-corrected chi connectivity index (χ3v) is 3.47. The van der Waals surface area contributed by atoms with Crippen molar-refractivity contribution in [1.29, 1.82) is 5.26 Å². The highest BCUT2D eigenvalue weighted by Gasteiger charge is 2.12. The summed E-state index contributed by atoms with van der Waals surface area (Å²) in [6.45, 7) is 1.10. The molecule has 126 valence electrons. The standard InChI is InChI=1S/C18H16N4O3/c19-11-14-2-1-7-21-18(14)22-9-8-20-17(23)6-4-13-3-5-15-16(10-13)25-12-24-15/h1-7,10H,8-9,12H2,(H,20,23)(H,21,22)/b6-4-. The largest absolute Gasteiger partial charge is 0.454 e. The average molecular weight is 336 g/mol. The number of nitriles is 1. The lowest BCUT2D eigenvalue weighted by atomic mass is 10.2. The zero-order valence-electron chi connectivity index (χ0n) is 13.4. The molecule has 1 aliphatic heterocycles. The molecule has 2 heterocycles. The number of ether oxygens (including phenoxy) is 2. The lowest BCUT2D eigenvalue weighted by Crippen LogP contribution is -2.27. The molecule has 0 aliphatic carbocycles. The van der Waals surface area contributed by atoms with Crippen LogP contribution in [0.25, 0.3) is 6.08 Å². The summed E-state index contributed by atoms with van der Waals surface area (Å²) >= 11 is 0. The van der Waals surface area contributed by atoms with Crippen molar-refractivity contribution >= 4 is 17.8 Å². The number of fused-ring (bicyclic) bond motifs is 1. The van der Waals surface area contributed by atoms with Crippen LogP contribution < -0.4 is 20.1 Å². The predicted molar refractivity (Wildman–Crippen MR) is 92.1 cm³/mol. The number of carbonyl (C=O) groups is 1. The van der Waals surface area contributed by atoms with E-state index in [1.807, 2.05) is 18.2 Å². The second-order valence-corrected chi connectivity index (χ2v) is 5.18. The van der Waals surface area contributed by atoms with Gasteiger partial charge in [0.15, 0.2) is 11.5 Å². The molecule has 7 nitrogen and oxygen atoms in total. The second kappa shape index (κ2) is 7.84. The van der Waals surface area contributed by atoms with E-state index in [1.165, 1.54) is 6.08 Å². The Morgan fingerprint density at radius 3 is 3.04 bits per heavy atom. The number of rotatable bonds is 6. The Balaban J connectivity index is 1.44. The SMILES string of the molecule is N#Cc1cccnc1NCCNC(=O)/C=C\c1ccc2c(c1)OCO2. The quantitative estimate of drug-likeness (QED) is 0.618. The second-order valence-electron chi connectivity index (χ2n) is 5.18. The topological polar surface area (TPSA) is 96.3 Å². The van der Waals surface area contributed by atoms with E-state index in [4.69, 9.17) is 14.7 Å². The first-order valence-corrected chi connectivity index (χ1v) is 7.71. The third-order valence-electron chi connectivity index (χ3n) is 3.47. The highest BCUT2D eigenvalue weighted by Crippen LogP contribution is 2.32. The summed E-state index contributed by atoms with van der Waals surface area (Å²) in [6.07, 6.45) is 4.77. The summed E-state index contributed by atoms with van der Waals surface area (Å²) in [6, 6.07) is 10.9. The zero-order valence-corrected chi connectivity index (χ0v) is 13.4. The molecule has 0 unspecified atom stereocenters. The van der Waals surface area contributed by atoms with Crippen molar-refractivity contribution in [3.8, 4) is 17.6 Å². The maximum Gasteiger partial charge on any atom is 0.244 e. The van der Waals surface area contributed by atoms with Gasteiger partial charge in [0.2, 0.25) is 12.7 Å². The number of aromatic nitrogens is 1. The Labute approximate surface area is 144 Å². The molecule has 2 aromatic rings. The monoisotopic (exact) mass is 336 g/mol. The van der Waals surface area contributed by atoms with Gasteiger partial charge in [-0.05, 0) is 35.9 Å². The Bertz CT molecular complexity index is 842. The summed E-state index contributed by atoms with van der Waals surface area (Å²) in [5.41, 5.74) is 1.32. The van der Waals surface area contributed by atoms with Crippen LogP contribution in [-0.2, 0) is 4.79 Å². The van der Waals surface area contributed by atoms with E-state index in [0.717, 1.165) is 5.56 Å². The van der Waals surface area contributed by atoms with E-state index in [9.17, 15) is 4.79 Å². The van der Waals surface area contributed by atoms with E-state index in [0.29, 0.717) is 36.0 Å². The lowest BCUT2D eigenvalue weighted by Gasteiger charge is -2.07. The molecule has 7 heteroatoms. The number of carbonyl (C=O) groups excluding carboxylic acids is 1. The first-order chi connectivity index (χ1) is 12.3. The van der Waals surface area contributed by atoms with E-state index in [-0.39, 0.29) is 12.7 Å². The normalized spacial score (nSPS) is 12.0. The molecule has 0 bridgehead atoms. The maximum absolute atomic E-state index is 11.8. The van der Waals surface area contributed by atoms with E-state index >= 15 is 0 Å². The van der Waals surface area contributed by atoms with Crippen LogP contribution in [0.1, 0.15) is 11.1 Å². The van der Waals surface area contributed by atoms with Gasteiger partial charge in [0.05, 0.1) is 5.56 Å². The summed E-state index contributed by atoms with van der Waals surface area (Å²) in [4.78, 5) is 15.9. The Kier molecular flexibility index (Phi) is 5.12. The van der Waals surface area contributed by atoms with Crippen LogP contribution in [0.15, 0.2) is 42.6 Å². The molecule has 1 aliphatic rings. The maximum atomic E-state index is 11.8. The Morgan fingerprint density at radius 1 is 1.28 bits per heavy atom. The smallest absolute Gasteiger partial charge is 0.244 e. The summed E-state index contributed by atoms with van der Waals surface area (Å²) in [7, 11) is 0. The van der Waals surface area contributed by atoms with E-state index in [2.05, 4.69) is 21.7 Å². The zero-order chi connectivity index (χ0) is 17.5. The Hall–Kier alpha value is -3.53. The van der Waals surface area contributed by atoms with Crippen LogP contribution in [0.4, 0.5) is 5.82 Å². The average Bonchev–Trinajstić information content (AvgIpc) is 3.11. The molecular weight excluding hydrogens is 320 g/mol. The summed E-state index contributed by atoms with van der Waals surface area (Å²) in [5.74, 6) is 1.69. The van der Waals surface area contributed by atoms with Crippen molar-refractivity contribution in [3.05, 3.63) is 53.7 Å². The van der Waals surface area contributed by atoms with Gasteiger partial charge in [-0.2, -0.15) is 5.26 Å². The van der Waals surface area contributed by atoms with Crippen molar-refractivity contribution in [2.24, 2.45) is 0 Å². The number of hydrogen-bond donors (Lipinski definition) is 2. The van der Waals surface area contributed by atoms with Crippen LogP contribution in [0.3, 0.4) is 0 Å². The van der Waals surface area contributed by atoms with Gasteiger partial charge in [0, 0.05) is 25.4 Å². The molecule has 0 atom stereocenters. The van der Waals surface area contributed by atoms with Gasteiger partial charge in [-0.15, -0.1) is 0 Å². The van der Waals surface area contributed by atoms with E-state index in [1.54, 1.807) is 24.4 Å². The van der Waals surface area contributed by atoms with Gasteiger partial charge >= 0.3 is 0 Å². The van der Waals surface area contributed by atoms with Gasteiger partial charge in [-0.3, -0.25) is 4.79 Å². The first kappa shape index (κ1) is 16.3. The van der Waals surface area contributed by atoms with Gasteiger partial charge in [-0.1, -0.05) is 6.07 Å². The molecule has 0 fully saturated rings.